The molecule has 0 saturated heterocycles. The van der Waals surface area contributed by atoms with E-state index in [1.807, 2.05) is 0 Å². The van der Waals surface area contributed by atoms with Crippen LogP contribution in [0.5, 0.6) is 0 Å². The van der Waals surface area contributed by atoms with Crippen LogP contribution >= 0.6 is 0 Å². The Labute approximate surface area is 524 Å². The van der Waals surface area contributed by atoms with Crippen molar-refractivity contribution < 1.29 is 20.4 Å². The molecule has 22 atom stereocenters. The van der Waals surface area contributed by atoms with Gasteiger partial charge in [-0.05, 0) is 233 Å². The van der Waals surface area contributed by atoms with Gasteiger partial charge in [-0.1, -0.05) is 247 Å². The van der Waals surface area contributed by atoms with E-state index in [4.69, 9.17) is 0 Å². The van der Waals surface area contributed by atoms with E-state index in [1.165, 1.54) is 257 Å². The summed E-state index contributed by atoms with van der Waals surface area (Å²) in [4.78, 5) is 0. The van der Waals surface area contributed by atoms with Crippen LogP contribution in [0.3, 0.4) is 0 Å². The van der Waals surface area contributed by atoms with E-state index in [2.05, 4.69) is 67.5 Å². The minimum Gasteiger partial charge on any atom is -0.396 e. The number of rotatable bonds is 47. The topological polar surface area (TPSA) is 80.9 Å². The van der Waals surface area contributed by atoms with Crippen LogP contribution < -0.4 is 0 Å². The van der Waals surface area contributed by atoms with E-state index < -0.39 is 0 Å². The van der Waals surface area contributed by atoms with E-state index >= 15 is 0 Å². The van der Waals surface area contributed by atoms with Crippen LogP contribution in [0.2, 0.25) is 0 Å². The molecule has 0 bridgehead atoms. The van der Waals surface area contributed by atoms with Gasteiger partial charge in [0.05, 0.1) is 0 Å². The second-order valence-electron chi connectivity index (χ2n) is 33.5. The Morgan fingerprint density at radius 2 is 0.655 bits per heavy atom. The highest BCUT2D eigenvalue weighted by Gasteiger charge is 2.38. The molecule has 5 saturated carbocycles. The van der Waals surface area contributed by atoms with Crippen molar-refractivity contribution in [3.05, 3.63) is 12.2 Å². The predicted octanol–water partition coefficient (Wildman–Crippen LogP) is 22.5. The Balaban J connectivity index is 0.995. The van der Waals surface area contributed by atoms with Crippen LogP contribution in [-0.2, 0) is 0 Å². The van der Waals surface area contributed by atoms with E-state index in [-0.39, 0.29) is 0 Å². The average Bonchev–Trinajstić information content (AvgIpc) is 4.56. The molecule has 0 aromatic heterocycles. The van der Waals surface area contributed by atoms with Crippen molar-refractivity contribution >= 4 is 0 Å². The van der Waals surface area contributed by atoms with Gasteiger partial charge >= 0.3 is 0 Å². The lowest BCUT2D eigenvalue weighted by Crippen LogP contribution is -2.14. The fourth-order valence-electron chi connectivity index (χ4n) is 20.1. The van der Waals surface area contributed by atoms with Crippen LogP contribution in [0.15, 0.2) is 12.2 Å². The van der Waals surface area contributed by atoms with Crippen LogP contribution in [0.1, 0.15) is 338 Å². The molecule has 0 spiro atoms. The summed E-state index contributed by atoms with van der Waals surface area (Å²) in [7, 11) is 0. The molecule has 5 fully saturated rings. The van der Waals surface area contributed by atoms with Crippen LogP contribution in [-0.4, -0.2) is 46.9 Å². The summed E-state index contributed by atoms with van der Waals surface area (Å²) in [5, 5.41) is 38.0. The molecule has 6 aliphatic rings. The molecular formula is C80H148O4. The molecule has 6 aliphatic carbocycles. The van der Waals surface area contributed by atoms with Gasteiger partial charge in [0.15, 0.2) is 0 Å². The normalized spacial score (nSPS) is 31.8. The number of allylic oxidation sites excluding steroid dienone is 2. The number of hydrogen-bond acceptors (Lipinski definition) is 4. The van der Waals surface area contributed by atoms with E-state index in [0.29, 0.717) is 38.3 Å². The second kappa shape index (κ2) is 41.1. The molecule has 0 radical (unpaired) electrons. The highest BCUT2D eigenvalue weighted by Crippen LogP contribution is 2.49. The molecular weight excluding hydrogens is 1020 g/mol. The van der Waals surface area contributed by atoms with Gasteiger partial charge in [0.1, 0.15) is 0 Å². The largest absolute Gasteiger partial charge is 0.396 e. The van der Waals surface area contributed by atoms with Crippen molar-refractivity contribution in [1.82, 2.24) is 0 Å². The molecule has 492 valence electrons. The molecule has 22 unspecified atom stereocenters. The summed E-state index contributed by atoms with van der Waals surface area (Å²) in [6.07, 6.45) is 66.5. The smallest absolute Gasteiger partial charge is 0.0433 e. The first-order valence-electron chi connectivity index (χ1n) is 38.8. The summed E-state index contributed by atoms with van der Waals surface area (Å²) >= 11 is 0. The standard InChI is InChI=1S/C80H148O4/c1-59(15-9-19-63(5)73-37-33-69(53-73)25-11-17-61(3)45-49-81)27-29-67(23-13-21-65(7)75-41-43-79(57-75)77-39-35-71(55-77)47-51-83)31-32-68(24-14-22-66(8)76-42-44-80(58-76)78-40-36-72(56-78)48-52-84)30-28-60(2)16-10-20-64(6)74-38-34-70(54-74)26-12-18-62(4)46-50-82/h41,43,59-84H,9-40,42,44-58H2,1-8H3. The van der Waals surface area contributed by atoms with Crippen molar-refractivity contribution in [3.8, 4) is 0 Å². The minimum atomic E-state index is 0.351. The molecule has 4 nitrogen and oxygen atoms in total. The Morgan fingerprint density at radius 1 is 0.286 bits per heavy atom. The molecule has 4 heteroatoms. The van der Waals surface area contributed by atoms with Gasteiger partial charge in [0.25, 0.3) is 0 Å². The first-order valence-corrected chi connectivity index (χ1v) is 38.8. The van der Waals surface area contributed by atoms with Crippen LogP contribution in [0.25, 0.3) is 0 Å². The summed E-state index contributed by atoms with van der Waals surface area (Å²) in [5.41, 5.74) is 0. The molecule has 0 aromatic carbocycles. The maximum atomic E-state index is 9.64. The van der Waals surface area contributed by atoms with Gasteiger partial charge in [-0.2, -0.15) is 0 Å². The molecule has 0 amide bonds. The van der Waals surface area contributed by atoms with E-state index in [9.17, 15) is 20.4 Å². The highest BCUT2D eigenvalue weighted by atomic mass is 16.3. The summed E-state index contributed by atoms with van der Waals surface area (Å²) in [6.45, 7) is 21.8. The molecule has 0 aliphatic heterocycles. The van der Waals surface area contributed by atoms with Crippen molar-refractivity contribution in [2.75, 3.05) is 26.4 Å². The first kappa shape index (κ1) is 72.6. The number of hydrogen-bond donors (Lipinski definition) is 4. The summed E-state index contributed by atoms with van der Waals surface area (Å²) < 4.78 is 0. The van der Waals surface area contributed by atoms with Crippen LogP contribution in [0.4, 0.5) is 0 Å². The highest BCUT2D eigenvalue weighted by molar-refractivity contribution is 5.06. The molecule has 4 N–H and O–H groups in total. The van der Waals surface area contributed by atoms with E-state index in [1.54, 1.807) is 0 Å². The predicted molar refractivity (Wildman–Crippen MR) is 363 cm³/mol. The van der Waals surface area contributed by atoms with Gasteiger partial charge in [-0.3, -0.25) is 0 Å². The monoisotopic (exact) mass is 1170 g/mol. The third-order valence-corrected chi connectivity index (χ3v) is 26.7. The fourth-order valence-corrected chi connectivity index (χ4v) is 20.1. The fraction of sp³-hybridized carbons (Fsp3) is 0.975. The van der Waals surface area contributed by atoms with Crippen molar-refractivity contribution in [2.24, 2.45) is 130 Å². The summed E-state index contributed by atoms with van der Waals surface area (Å²) in [5.74, 6) is 19.0. The third-order valence-electron chi connectivity index (χ3n) is 26.7. The van der Waals surface area contributed by atoms with Crippen molar-refractivity contribution in [1.29, 1.82) is 0 Å². The zero-order valence-electron chi connectivity index (χ0n) is 57.6. The molecule has 0 heterocycles. The van der Waals surface area contributed by atoms with Crippen molar-refractivity contribution in [2.45, 2.75) is 338 Å². The lowest BCUT2D eigenvalue weighted by Gasteiger charge is -2.26. The SMILES string of the molecule is CC(CCO)CCCC1CCC(C(C)CCCC(C)CCC(CCCC(C)C2C=CC(C3CCC(CCO)C3)C2)CCC(CCCC(C)C2CCC(C3CCC(CCO)C3)C2)CCC(C)CCCC(C)C2CCC(CCCC(C)CCO)C2)C1. The maximum Gasteiger partial charge on any atom is 0.0433 e. The lowest BCUT2D eigenvalue weighted by molar-refractivity contribution is 0.245. The second-order valence-corrected chi connectivity index (χ2v) is 33.5. The minimum absolute atomic E-state index is 0.351. The van der Waals surface area contributed by atoms with Gasteiger partial charge in [-0.15, -0.1) is 0 Å². The molecule has 6 rings (SSSR count). The van der Waals surface area contributed by atoms with Gasteiger partial charge in [-0.25, -0.2) is 0 Å². The molecule has 0 aromatic rings. The molecule has 84 heavy (non-hydrogen) atoms. The lowest BCUT2D eigenvalue weighted by atomic mass is 9.79. The quantitative estimate of drug-likeness (QED) is 0.0458. The zero-order valence-corrected chi connectivity index (χ0v) is 57.6. The first-order chi connectivity index (χ1) is 40.7. The van der Waals surface area contributed by atoms with Gasteiger partial charge < -0.3 is 20.4 Å². The number of aliphatic hydroxyl groups excluding tert-OH is 4. The maximum absolute atomic E-state index is 9.64. The Kier molecular flexibility index (Phi) is 35.6. The number of aliphatic hydroxyl groups is 4. The van der Waals surface area contributed by atoms with E-state index in [0.717, 1.165) is 144 Å². The average molecular weight is 1170 g/mol. The van der Waals surface area contributed by atoms with Gasteiger partial charge in [0, 0.05) is 26.4 Å². The summed E-state index contributed by atoms with van der Waals surface area (Å²) in [6, 6.07) is 0. The van der Waals surface area contributed by atoms with Crippen LogP contribution in [0, 0.1) is 130 Å². The Hall–Kier alpha value is -0.420. The Bertz CT molecular complexity index is 1660. The van der Waals surface area contributed by atoms with Gasteiger partial charge in [0.2, 0.25) is 0 Å². The Morgan fingerprint density at radius 3 is 1.15 bits per heavy atom. The zero-order chi connectivity index (χ0) is 60.1. The third kappa shape index (κ3) is 26.8. The van der Waals surface area contributed by atoms with Crippen molar-refractivity contribution in [3.63, 3.8) is 0 Å².